The summed E-state index contributed by atoms with van der Waals surface area (Å²) in [6.07, 6.45) is 0. The van der Waals surface area contributed by atoms with Gasteiger partial charge < -0.3 is 15.1 Å². The summed E-state index contributed by atoms with van der Waals surface area (Å²) in [5.41, 5.74) is 1.43. The molecule has 3 rings (SSSR count). The molecule has 1 N–H and O–H groups in total. The summed E-state index contributed by atoms with van der Waals surface area (Å²) in [6, 6.07) is 11.3. The highest BCUT2D eigenvalue weighted by Crippen LogP contribution is 2.26. The molecular formula is C21H23ClN4O4. The number of carbonyl (C=O) groups excluding carboxylic acids is 2. The maximum Gasteiger partial charge on any atom is 0.288 e. The zero-order chi connectivity index (χ0) is 21.8. The SMILES string of the molecule is CC(C)C(=O)N1CCN(c2ccc(NC(=O)c3ccc(Cl)c([N+](=O)[O-])c3)cc2)CC1. The average molecular weight is 431 g/mol. The van der Waals surface area contributed by atoms with Crippen molar-refractivity contribution in [1.29, 1.82) is 0 Å². The lowest BCUT2D eigenvalue weighted by Crippen LogP contribution is -2.49. The van der Waals surface area contributed by atoms with Crippen LogP contribution in [-0.4, -0.2) is 47.8 Å². The van der Waals surface area contributed by atoms with Crippen LogP contribution in [0.3, 0.4) is 0 Å². The number of nitro groups is 1. The van der Waals surface area contributed by atoms with E-state index < -0.39 is 10.8 Å². The van der Waals surface area contributed by atoms with Crippen LogP contribution in [0.15, 0.2) is 42.5 Å². The molecular weight excluding hydrogens is 408 g/mol. The molecule has 2 aromatic carbocycles. The molecule has 8 nitrogen and oxygen atoms in total. The number of hydrogen-bond acceptors (Lipinski definition) is 5. The lowest BCUT2D eigenvalue weighted by molar-refractivity contribution is -0.384. The largest absolute Gasteiger partial charge is 0.368 e. The van der Waals surface area contributed by atoms with E-state index in [9.17, 15) is 19.7 Å². The van der Waals surface area contributed by atoms with Gasteiger partial charge in [-0.05, 0) is 36.4 Å². The van der Waals surface area contributed by atoms with Gasteiger partial charge in [-0.1, -0.05) is 25.4 Å². The van der Waals surface area contributed by atoms with Crippen molar-refractivity contribution in [2.75, 3.05) is 36.4 Å². The van der Waals surface area contributed by atoms with Crippen LogP contribution in [0.2, 0.25) is 5.02 Å². The summed E-state index contributed by atoms with van der Waals surface area (Å²) >= 11 is 5.79. The topological polar surface area (TPSA) is 95.8 Å². The van der Waals surface area contributed by atoms with Gasteiger partial charge in [0, 0.05) is 55.1 Å². The molecule has 0 bridgehead atoms. The second-order valence-electron chi connectivity index (χ2n) is 7.39. The predicted octanol–water partition coefficient (Wildman–Crippen LogP) is 3.81. The summed E-state index contributed by atoms with van der Waals surface area (Å²) in [7, 11) is 0. The molecule has 30 heavy (non-hydrogen) atoms. The number of nitrogens with one attached hydrogen (secondary N) is 1. The van der Waals surface area contributed by atoms with Crippen LogP contribution in [0.4, 0.5) is 17.1 Å². The Balaban J connectivity index is 1.61. The third-order valence-corrected chi connectivity index (χ3v) is 5.30. The molecule has 0 aromatic heterocycles. The van der Waals surface area contributed by atoms with E-state index in [1.54, 1.807) is 12.1 Å². The van der Waals surface area contributed by atoms with Crippen LogP contribution in [0.1, 0.15) is 24.2 Å². The molecule has 0 aliphatic carbocycles. The predicted molar refractivity (Wildman–Crippen MR) is 116 cm³/mol. The number of piperazine rings is 1. The van der Waals surface area contributed by atoms with Crippen molar-refractivity contribution < 1.29 is 14.5 Å². The molecule has 2 aromatic rings. The van der Waals surface area contributed by atoms with Gasteiger partial charge in [0.1, 0.15) is 5.02 Å². The molecule has 1 saturated heterocycles. The van der Waals surface area contributed by atoms with Gasteiger partial charge in [-0.3, -0.25) is 19.7 Å². The van der Waals surface area contributed by atoms with Gasteiger partial charge in [-0.15, -0.1) is 0 Å². The highest BCUT2D eigenvalue weighted by atomic mass is 35.5. The third-order valence-electron chi connectivity index (χ3n) is 4.98. The van der Waals surface area contributed by atoms with E-state index in [1.165, 1.54) is 12.1 Å². The number of nitrogens with zero attached hydrogens (tertiary/aromatic N) is 3. The Labute approximate surface area is 179 Å². The first-order valence-electron chi connectivity index (χ1n) is 9.65. The maximum atomic E-state index is 12.4. The Morgan fingerprint density at radius 3 is 2.27 bits per heavy atom. The first-order chi connectivity index (χ1) is 14.3. The van der Waals surface area contributed by atoms with E-state index in [4.69, 9.17) is 11.6 Å². The molecule has 1 fully saturated rings. The second kappa shape index (κ2) is 9.13. The van der Waals surface area contributed by atoms with E-state index in [0.29, 0.717) is 18.8 Å². The lowest BCUT2D eigenvalue weighted by Gasteiger charge is -2.37. The fourth-order valence-electron chi connectivity index (χ4n) is 3.30. The fourth-order valence-corrected chi connectivity index (χ4v) is 3.49. The lowest BCUT2D eigenvalue weighted by atomic mass is 10.1. The van der Waals surface area contributed by atoms with E-state index >= 15 is 0 Å². The molecule has 1 aliphatic heterocycles. The molecule has 0 saturated carbocycles. The van der Waals surface area contributed by atoms with Gasteiger partial charge in [-0.25, -0.2) is 0 Å². The zero-order valence-corrected chi connectivity index (χ0v) is 17.6. The summed E-state index contributed by atoms with van der Waals surface area (Å²) in [5, 5.41) is 13.7. The molecule has 0 radical (unpaired) electrons. The number of anilines is 2. The van der Waals surface area contributed by atoms with E-state index in [0.717, 1.165) is 24.8 Å². The zero-order valence-electron chi connectivity index (χ0n) is 16.8. The number of rotatable bonds is 5. The highest BCUT2D eigenvalue weighted by molar-refractivity contribution is 6.32. The Bertz CT molecular complexity index is 954. The Hall–Kier alpha value is -3.13. The monoisotopic (exact) mass is 430 g/mol. The van der Waals surface area contributed by atoms with Crippen LogP contribution in [0.25, 0.3) is 0 Å². The first-order valence-corrected chi connectivity index (χ1v) is 10.0. The third kappa shape index (κ3) is 4.88. The van der Waals surface area contributed by atoms with Gasteiger partial charge in [-0.2, -0.15) is 0 Å². The summed E-state index contributed by atoms with van der Waals surface area (Å²) in [4.78, 5) is 39.0. The van der Waals surface area contributed by atoms with Crippen LogP contribution in [0, 0.1) is 16.0 Å². The normalized spacial score (nSPS) is 14.0. The van der Waals surface area contributed by atoms with E-state index in [-0.39, 0.29) is 28.1 Å². The van der Waals surface area contributed by atoms with Crippen molar-refractivity contribution in [3.05, 3.63) is 63.2 Å². The van der Waals surface area contributed by atoms with E-state index in [1.807, 2.05) is 30.9 Å². The van der Waals surface area contributed by atoms with Crippen molar-refractivity contribution in [3.8, 4) is 0 Å². The quantitative estimate of drug-likeness (QED) is 0.574. The van der Waals surface area contributed by atoms with Gasteiger partial charge in [0.05, 0.1) is 4.92 Å². The summed E-state index contributed by atoms with van der Waals surface area (Å²) < 4.78 is 0. The Morgan fingerprint density at radius 2 is 1.70 bits per heavy atom. The van der Waals surface area contributed by atoms with Gasteiger partial charge in [0.2, 0.25) is 5.91 Å². The van der Waals surface area contributed by atoms with Crippen molar-refractivity contribution in [2.24, 2.45) is 5.92 Å². The molecule has 1 heterocycles. The molecule has 0 spiro atoms. The molecule has 9 heteroatoms. The highest BCUT2D eigenvalue weighted by Gasteiger charge is 2.23. The van der Waals surface area contributed by atoms with E-state index in [2.05, 4.69) is 10.2 Å². The van der Waals surface area contributed by atoms with Crippen molar-refractivity contribution >= 4 is 40.5 Å². The van der Waals surface area contributed by atoms with Gasteiger partial charge in [0.15, 0.2) is 0 Å². The summed E-state index contributed by atoms with van der Waals surface area (Å²) in [5.74, 6) is -0.278. The molecule has 0 atom stereocenters. The summed E-state index contributed by atoms with van der Waals surface area (Å²) in [6.45, 7) is 6.68. The van der Waals surface area contributed by atoms with Crippen molar-refractivity contribution in [3.63, 3.8) is 0 Å². The molecule has 1 aliphatic rings. The van der Waals surface area contributed by atoms with Crippen LogP contribution in [0.5, 0.6) is 0 Å². The van der Waals surface area contributed by atoms with Crippen LogP contribution < -0.4 is 10.2 Å². The number of hydrogen-bond donors (Lipinski definition) is 1. The second-order valence-corrected chi connectivity index (χ2v) is 7.80. The standard InChI is InChI=1S/C21H23ClN4O4/c1-14(2)21(28)25-11-9-24(10-12-25)17-6-4-16(5-7-17)23-20(27)15-3-8-18(22)19(13-15)26(29)30/h3-8,13-14H,9-12H2,1-2H3,(H,23,27). The average Bonchev–Trinajstić information content (AvgIpc) is 2.74. The Kier molecular flexibility index (Phi) is 6.56. The van der Waals surface area contributed by atoms with Gasteiger partial charge >= 0.3 is 0 Å². The number of amides is 2. The van der Waals surface area contributed by atoms with Gasteiger partial charge in [0.25, 0.3) is 11.6 Å². The maximum absolute atomic E-state index is 12.4. The number of nitro benzene ring substituents is 1. The number of halogens is 1. The minimum Gasteiger partial charge on any atom is -0.368 e. The molecule has 0 unspecified atom stereocenters. The smallest absolute Gasteiger partial charge is 0.288 e. The van der Waals surface area contributed by atoms with Crippen molar-refractivity contribution in [1.82, 2.24) is 4.90 Å². The first kappa shape index (κ1) is 21.6. The Morgan fingerprint density at radius 1 is 1.07 bits per heavy atom. The number of carbonyl (C=O) groups is 2. The number of benzene rings is 2. The minimum atomic E-state index is -0.623. The van der Waals surface area contributed by atoms with Crippen LogP contribution in [-0.2, 0) is 4.79 Å². The van der Waals surface area contributed by atoms with Crippen LogP contribution >= 0.6 is 11.6 Å². The molecule has 2 amide bonds. The molecule has 158 valence electrons. The fraction of sp³-hybridized carbons (Fsp3) is 0.333. The minimum absolute atomic E-state index is 0.00141. The van der Waals surface area contributed by atoms with Crippen molar-refractivity contribution in [2.45, 2.75) is 13.8 Å².